The van der Waals surface area contributed by atoms with E-state index >= 15 is 0 Å². The van der Waals surface area contributed by atoms with Crippen LogP contribution in [-0.2, 0) is 11.5 Å². The Morgan fingerprint density at radius 1 is 1.00 bits per heavy atom. The second-order valence-electron chi connectivity index (χ2n) is 4.02. The standard InChI is InChI=1S/C15H15O2/c1-12-6-8-14(9-7-12)17-11-10-13-4-2-3-5-15(13)16/h2-9H,10-11H2,1H3. The number of aryl methyl sites for hydroxylation is 1. The van der Waals surface area contributed by atoms with E-state index in [1.807, 2.05) is 43.3 Å². The molecule has 17 heavy (non-hydrogen) atoms. The molecule has 87 valence electrons. The summed E-state index contributed by atoms with van der Waals surface area (Å²) < 4.78 is 5.58. The fraction of sp³-hybridized carbons (Fsp3) is 0.200. The Kier molecular flexibility index (Phi) is 3.66. The van der Waals surface area contributed by atoms with E-state index in [9.17, 15) is 5.11 Å². The van der Waals surface area contributed by atoms with Crippen LogP contribution in [0.4, 0.5) is 0 Å². The second kappa shape index (κ2) is 5.39. The zero-order valence-electron chi connectivity index (χ0n) is 9.85. The van der Waals surface area contributed by atoms with Gasteiger partial charge in [-0.05, 0) is 25.1 Å². The van der Waals surface area contributed by atoms with Gasteiger partial charge < -0.3 is 4.74 Å². The normalized spacial score (nSPS) is 10.2. The summed E-state index contributed by atoms with van der Waals surface area (Å²) in [5, 5.41) is 11.5. The molecule has 0 fully saturated rings. The van der Waals surface area contributed by atoms with Crippen molar-refractivity contribution in [1.29, 1.82) is 0 Å². The zero-order chi connectivity index (χ0) is 12.1. The van der Waals surface area contributed by atoms with E-state index in [-0.39, 0.29) is 5.75 Å². The second-order valence-corrected chi connectivity index (χ2v) is 4.02. The molecular weight excluding hydrogens is 212 g/mol. The molecule has 2 aromatic carbocycles. The van der Waals surface area contributed by atoms with Crippen molar-refractivity contribution in [3.05, 3.63) is 59.7 Å². The molecule has 0 N–H and O–H groups in total. The van der Waals surface area contributed by atoms with Gasteiger partial charge in [0.25, 0.3) is 0 Å². The van der Waals surface area contributed by atoms with E-state index < -0.39 is 0 Å². The molecule has 0 saturated carbocycles. The molecule has 0 unspecified atom stereocenters. The minimum atomic E-state index is 0.0833. The van der Waals surface area contributed by atoms with Crippen LogP contribution in [0.1, 0.15) is 11.1 Å². The average molecular weight is 227 g/mol. The minimum Gasteiger partial charge on any atom is -0.493 e. The van der Waals surface area contributed by atoms with Crippen molar-refractivity contribution in [3.8, 4) is 11.5 Å². The largest absolute Gasteiger partial charge is 0.493 e. The first-order chi connectivity index (χ1) is 8.25. The van der Waals surface area contributed by atoms with Crippen molar-refractivity contribution in [2.45, 2.75) is 13.3 Å². The number of para-hydroxylation sites is 1. The smallest absolute Gasteiger partial charge is 0.181 e. The highest BCUT2D eigenvalue weighted by Gasteiger charge is 2.01. The Morgan fingerprint density at radius 2 is 1.71 bits per heavy atom. The lowest BCUT2D eigenvalue weighted by atomic mass is 10.1. The van der Waals surface area contributed by atoms with Crippen LogP contribution < -0.4 is 4.74 Å². The molecule has 0 aliphatic carbocycles. The predicted molar refractivity (Wildman–Crippen MR) is 67.0 cm³/mol. The molecule has 2 heteroatoms. The van der Waals surface area contributed by atoms with E-state index in [1.54, 1.807) is 12.1 Å². The van der Waals surface area contributed by atoms with Crippen LogP contribution in [0.5, 0.6) is 11.5 Å². The van der Waals surface area contributed by atoms with Gasteiger partial charge in [-0.2, -0.15) is 0 Å². The molecule has 0 saturated heterocycles. The van der Waals surface area contributed by atoms with Crippen LogP contribution >= 0.6 is 0 Å². The summed E-state index contributed by atoms with van der Waals surface area (Å²) in [4.78, 5) is 0. The summed E-state index contributed by atoms with van der Waals surface area (Å²) in [6, 6.07) is 15.0. The van der Waals surface area contributed by atoms with Crippen LogP contribution in [-0.4, -0.2) is 6.61 Å². The van der Waals surface area contributed by atoms with Gasteiger partial charge in [0, 0.05) is 12.0 Å². The fourth-order valence-corrected chi connectivity index (χ4v) is 1.62. The van der Waals surface area contributed by atoms with Crippen molar-refractivity contribution < 1.29 is 9.84 Å². The third-order valence-corrected chi connectivity index (χ3v) is 2.63. The van der Waals surface area contributed by atoms with Gasteiger partial charge in [0.1, 0.15) is 5.75 Å². The van der Waals surface area contributed by atoms with Crippen molar-refractivity contribution in [3.63, 3.8) is 0 Å². The van der Waals surface area contributed by atoms with Gasteiger partial charge in [-0.1, -0.05) is 35.9 Å². The Balaban J connectivity index is 1.88. The van der Waals surface area contributed by atoms with Gasteiger partial charge in [0.05, 0.1) is 6.61 Å². The van der Waals surface area contributed by atoms with Gasteiger partial charge >= 0.3 is 0 Å². The summed E-state index contributed by atoms with van der Waals surface area (Å²) in [5.74, 6) is 0.930. The topological polar surface area (TPSA) is 29.1 Å². The molecule has 0 aliphatic rings. The van der Waals surface area contributed by atoms with Crippen LogP contribution in [0.2, 0.25) is 0 Å². The van der Waals surface area contributed by atoms with E-state index in [1.165, 1.54) is 5.56 Å². The Morgan fingerprint density at radius 3 is 2.41 bits per heavy atom. The van der Waals surface area contributed by atoms with Crippen molar-refractivity contribution >= 4 is 0 Å². The summed E-state index contributed by atoms with van der Waals surface area (Å²) in [6.07, 6.45) is 0.646. The maximum Gasteiger partial charge on any atom is 0.181 e. The maximum absolute atomic E-state index is 11.5. The highest BCUT2D eigenvalue weighted by atomic mass is 16.5. The third kappa shape index (κ3) is 3.25. The number of rotatable bonds is 4. The molecule has 0 bridgehead atoms. The van der Waals surface area contributed by atoms with E-state index in [0.29, 0.717) is 13.0 Å². The van der Waals surface area contributed by atoms with Gasteiger partial charge in [-0.25, -0.2) is 0 Å². The molecule has 0 atom stereocenters. The zero-order valence-corrected chi connectivity index (χ0v) is 9.85. The molecule has 0 heterocycles. The minimum absolute atomic E-state index is 0.0833. The predicted octanol–water partition coefficient (Wildman–Crippen LogP) is 3.76. The Bertz CT molecular complexity index is 475. The molecule has 0 aromatic heterocycles. The number of hydrogen-bond donors (Lipinski definition) is 0. The molecule has 0 aliphatic heterocycles. The summed E-state index contributed by atoms with van der Waals surface area (Å²) in [5.41, 5.74) is 2.02. The maximum atomic E-state index is 11.5. The number of hydrogen-bond acceptors (Lipinski definition) is 1. The van der Waals surface area contributed by atoms with Gasteiger partial charge in [0.15, 0.2) is 5.75 Å². The van der Waals surface area contributed by atoms with Crippen LogP contribution in [0, 0.1) is 6.92 Å². The number of ether oxygens (including phenoxy) is 1. The first-order valence-electron chi connectivity index (χ1n) is 5.70. The van der Waals surface area contributed by atoms with Crippen molar-refractivity contribution in [2.75, 3.05) is 6.61 Å². The van der Waals surface area contributed by atoms with Crippen LogP contribution in [0.25, 0.3) is 0 Å². The quantitative estimate of drug-likeness (QED) is 0.781. The third-order valence-electron chi connectivity index (χ3n) is 2.63. The van der Waals surface area contributed by atoms with E-state index in [0.717, 1.165) is 11.3 Å². The summed E-state index contributed by atoms with van der Waals surface area (Å²) in [6.45, 7) is 2.57. The SMILES string of the molecule is Cc1ccc(OCCc2ccccc2[O])cc1. The Labute approximate surface area is 101 Å². The molecule has 0 amide bonds. The van der Waals surface area contributed by atoms with Gasteiger partial charge in [-0.3, -0.25) is 5.11 Å². The van der Waals surface area contributed by atoms with Crippen molar-refractivity contribution in [1.82, 2.24) is 0 Å². The van der Waals surface area contributed by atoms with Crippen molar-refractivity contribution in [2.24, 2.45) is 0 Å². The van der Waals surface area contributed by atoms with Gasteiger partial charge in [0.2, 0.25) is 0 Å². The lowest BCUT2D eigenvalue weighted by Crippen LogP contribution is -2.01. The lowest BCUT2D eigenvalue weighted by Gasteiger charge is -2.06. The van der Waals surface area contributed by atoms with E-state index in [2.05, 4.69) is 0 Å². The molecule has 2 nitrogen and oxygen atoms in total. The monoisotopic (exact) mass is 227 g/mol. The molecule has 0 spiro atoms. The summed E-state index contributed by atoms with van der Waals surface area (Å²) in [7, 11) is 0. The molecule has 2 aromatic rings. The Hall–Kier alpha value is -1.96. The first kappa shape index (κ1) is 11.5. The lowest BCUT2D eigenvalue weighted by molar-refractivity contribution is 0.311. The van der Waals surface area contributed by atoms with E-state index in [4.69, 9.17) is 4.74 Å². The highest BCUT2D eigenvalue weighted by Crippen LogP contribution is 2.18. The first-order valence-corrected chi connectivity index (χ1v) is 5.70. The molecule has 1 radical (unpaired) electrons. The fourth-order valence-electron chi connectivity index (χ4n) is 1.62. The van der Waals surface area contributed by atoms with Crippen LogP contribution in [0.15, 0.2) is 48.5 Å². The summed E-state index contributed by atoms with van der Waals surface area (Å²) >= 11 is 0. The van der Waals surface area contributed by atoms with Crippen LogP contribution in [0.3, 0.4) is 0 Å². The molecular formula is C15H15O2. The number of benzene rings is 2. The highest BCUT2D eigenvalue weighted by molar-refractivity contribution is 5.32. The van der Waals surface area contributed by atoms with Gasteiger partial charge in [-0.15, -0.1) is 0 Å². The molecule has 2 rings (SSSR count). The average Bonchev–Trinajstić information content (AvgIpc) is 2.34.